The van der Waals surface area contributed by atoms with Crippen LogP contribution >= 0.6 is 0 Å². The summed E-state index contributed by atoms with van der Waals surface area (Å²) in [6, 6.07) is 0. The van der Waals surface area contributed by atoms with E-state index >= 15 is 0 Å². The molecule has 3 rings (SSSR count). The SMILES string of the molecule is O=C(CCCCCNC(=O)C1CCC(CN2C(=O)C=CC2O)CC1)NCCN1CCNCC1. The molecular formula is C24H41N5O4. The molecular weight excluding hydrogens is 422 g/mol. The Morgan fingerprint density at radius 1 is 1.03 bits per heavy atom. The van der Waals surface area contributed by atoms with E-state index < -0.39 is 6.23 Å². The largest absolute Gasteiger partial charge is 0.370 e. The molecule has 0 aromatic heterocycles. The average molecular weight is 464 g/mol. The van der Waals surface area contributed by atoms with E-state index in [0.29, 0.717) is 32.0 Å². The minimum Gasteiger partial charge on any atom is -0.370 e. The average Bonchev–Trinajstić information content (AvgIpc) is 3.14. The van der Waals surface area contributed by atoms with Crippen molar-refractivity contribution >= 4 is 17.7 Å². The van der Waals surface area contributed by atoms with Gasteiger partial charge in [-0.15, -0.1) is 0 Å². The fraction of sp³-hybridized carbons (Fsp3) is 0.792. The van der Waals surface area contributed by atoms with E-state index in [0.717, 1.165) is 77.7 Å². The van der Waals surface area contributed by atoms with Gasteiger partial charge < -0.3 is 26.0 Å². The monoisotopic (exact) mass is 463 g/mol. The third-order valence-corrected chi connectivity index (χ3v) is 7.03. The first-order valence-electron chi connectivity index (χ1n) is 12.7. The topological polar surface area (TPSA) is 114 Å². The van der Waals surface area contributed by atoms with Crippen molar-refractivity contribution in [2.24, 2.45) is 11.8 Å². The maximum Gasteiger partial charge on any atom is 0.248 e. The van der Waals surface area contributed by atoms with E-state index in [2.05, 4.69) is 20.9 Å². The number of aliphatic hydroxyl groups excluding tert-OH is 1. The molecule has 1 saturated carbocycles. The van der Waals surface area contributed by atoms with Crippen molar-refractivity contribution < 1.29 is 19.5 Å². The van der Waals surface area contributed by atoms with Crippen LogP contribution in [0, 0.1) is 11.8 Å². The predicted octanol–water partition coefficient (Wildman–Crippen LogP) is 0.208. The van der Waals surface area contributed by atoms with Gasteiger partial charge in [0.2, 0.25) is 17.7 Å². The Hall–Kier alpha value is -1.97. The number of hydrogen-bond acceptors (Lipinski definition) is 6. The van der Waals surface area contributed by atoms with E-state index in [1.165, 1.54) is 17.1 Å². The molecule has 33 heavy (non-hydrogen) atoms. The highest BCUT2D eigenvalue weighted by Crippen LogP contribution is 2.30. The third-order valence-electron chi connectivity index (χ3n) is 7.03. The quantitative estimate of drug-likeness (QED) is 0.308. The minimum atomic E-state index is -0.804. The molecule has 3 amide bonds. The highest BCUT2D eigenvalue weighted by atomic mass is 16.3. The second-order valence-electron chi connectivity index (χ2n) is 9.52. The van der Waals surface area contributed by atoms with E-state index in [4.69, 9.17) is 0 Å². The van der Waals surface area contributed by atoms with Gasteiger partial charge in [0.05, 0.1) is 0 Å². The first-order valence-corrected chi connectivity index (χ1v) is 12.7. The van der Waals surface area contributed by atoms with Crippen LogP contribution in [-0.2, 0) is 14.4 Å². The van der Waals surface area contributed by atoms with Gasteiger partial charge in [0.25, 0.3) is 0 Å². The molecule has 2 aliphatic heterocycles. The third kappa shape index (κ3) is 8.72. The molecule has 1 aliphatic carbocycles. The summed E-state index contributed by atoms with van der Waals surface area (Å²) in [4.78, 5) is 40.0. The Morgan fingerprint density at radius 3 is 2.48 bits per heavy atom. The summed E-state index contributed by atoms with van der Waals surface area (Å²) in [5.41, 5.74) is 0. The molecule has 1 atom stereocenters. The molecule has 3 aliphatic rings. The lowest BCUT2D eigenvalue weighted by Gasteiger charge is -2.31. The van der Waals surface area contributed by atoms with Crippen LogP contribution < -0.4 is 16.0 Å². The maximum atomic E-state index is 12.4. The first-order chi connectivity index (χ1) is 16.0. The van der Waals surface area contributed by atoms with Gasteiger partial charge in [0.1, 0.15) is 6.23 Å². The number of piperazine rings is 1. The van der Waals surface area contributed by atoms with Gasteiger partial charge in [-0.25, -0.2) is 0 Å². The molecule has 0 aromatic rings. The second kappa shape index (κ2) is 13.7. The predicted molar refractivity (Wildman–Crippen MR) is 126 cm³/mol. The normalized spacial score (nSPS) is 25.9. The lowest BCUT2D eigenvalue weighted by molar-refractivity contribution is -0.133. The van der Waals surface area contributed by atoms with Crippen LogP contribution in [-0.4, -0.2) is 91.2 Å². The van der Waals surface area contributed by atoms with Gasteiger partial charge in [-0.1, -0.05) is 6.42 Å². The van der Waals surface area contributed by atoms with Gasteiger partial charge in [0, 0.05) is 70.8 Å². The second-order valence-corrected chi connectivity index (χ2v) is 9.52. The van der Waals surface area contributed by atoms with E-state index in [-0.39, 0.29) is 23.6 Å². The molecule has 0 radical (unpaired) electrons. The van der Waals surface area contributed by atoms with Crippen molar-refractivity contribution in [2.45, 2.75) is 57.6 Å². The minimum absolute atomic E-state index is 0.0417. The maximum absolute atomic E-state index is 12.4. The molecule has 4 N–H and O–H groups in total. The van der Waals surface area contributed by atoms with Crippen LogP contribution in [0.2, 0.25) is 0 Å². The summed E-state index contributed by atoms with van der Waals surface area (Å²) in [7, 11) is 0. The summed E-state index contributed by atoms with van der Waals surface area (Å²) in [5.74, 6) is 0.494. The van der Waals surface area contributed by atoms with E-state index in [1.807, 2.05) is 0 Å². The van der Waals surface area contributed by atoms with Crippen molar-refractivity contribution in [3.05, 3.63) is 12.2 Å². The van der Waals surface area contributed by atoms with Gasteiger partial charge >= 0.3 is 0 Å². The van der Waals surface area contributed by atoms with Crippen molar-refractivity contribution in [3.63, 3.8) is 0 Å². The van der Waals surface area contributed by atoms with Crippen LogP contribution in [0.1, 0.15) is 51.4 Å². The van der Waals surface area contributed by atoms with E-state index in [9.17, 15) is 19.5 Å². The van der Waals surface area contributed by atoms with Gasteiger partial charge in [0.15, 0.2) is 0 Å². The Kier molecular flexibility index (Phi) is 10.6. The number of carbonyl (C=O) groups is 3. The molecule has 2 heterocycles. The Bertz CT molecular complexity index is 672. The Labute approximate surface area is 197 Å². The lowest BCUT2D eigenvalue weighted by atomic mass is 9.81. The standard InChI is InChI=1S/C24H41N5O4/c30-21(26-14-17-28-15-12-25-13-16-28)4-2-1-3-11-27-24(33)20-7-5-19(6-8-20)18-29-22(31)9-10-23(29)32/h9-10,19-20,22,25,31H,1-8,11-18H2,(H,26,30)(H,27,33). The van der Waals surface area contributed by atoms with Crippen molar-refractivity contribution in [2.75, 3.05) is 52.4 Å². The van der Waals surface area contributed by atoms with Crippen molar-refractivity contribution in [3.8, 4) is 0 Å². The zero-order valence-electron chi connectivity index (χ0n) is 19.8. The van der Waals surface area contributed by atoms with Crippen molar-refractivity contribution in [1.29, 1.82) is 0 Å². The summed E-state index contributed by atoms with van der Waals surface area (Å²) in [5, 5.41) is 19.2. The Morgan fingerprint density at radius 2 is 1.79 bits per heavy atom. The number of unbranched alkanes of at least 4 members (excludes halogenated alkanes) is 2. The molecule has 9 heteroatoms. The van der Waals surface area contributed by atoms with Gasteiger partial charge in [-0.2, -0.15) is 0 Å². The highest BCUT2D eigenvalue weighted by molar-refractivity contribution is 5.90. The first kappa shape index (κ1) is 25.6. The lowest BCUT2D eigenvalue weighted by Crippen LogP contribution is -2.46. The van der Waals surface area contributed by atoms with Crippen LogP contribution in [0.3, 0.4) is 0 Å². The Balaban J connectivity index is 1.16. The molecule has 0 bridgehead atoms. The molecule has 1 unspecified atom stereocenters. The summed E-state index contributed by atoms with van der Waals surface area (Å²) in [6.07, 6.45) is 8.80. The van der Waals surface area contributed by atoms with Crippen molar-refractivity contribution in [1.82, 2.24) is 25.8 Å². The number of nitrogens with one attached hydrogen (secondary N) is 3. The molecule has 2 fully saturated rings. The number of carbonyl (C=O) groups excluding carboxylic acids is 3. The molecule has 0 spiro atoms. The summed E-state index contributed by atoms with van der Waals surface area (Å²) >= 11 is 0. The smallest absolute Gasteiger partial charge is 0.248 e. The zero-order valence-corrected chi connectivity index (χ0v) is 19.8. The fourth-order valence-electron chi connectivity index (χ4n) is 4.90. The number of rotatable bonds is 12. The number of amides is 3. The van der Waals surface area contributed by atoms with Crippen LogP contribution in [0.5, 0.6) is 0 Å². The highest BCUT2D eigenvalue weighted by Gasteiger charge is 2.31. The summed E-state index contributed by atoms with van der Waals surface area (Å²) in [6.45, 7) is 6.98. The molecule has 9 nitrogen and oxygen atoms in total. The molecule has 0 aromatic carbocycles. The van der Waals surface area contributed by atoms with Crippen LogP contribution in [0.4, 0.5) is 0 Å². The molecule has 1 saturated heterocycles. The number of nitrogens with zero attached hydrogens (tertiary/aromatic N) is 2. The molecule has 186 valence electrons. The fourth-order valence-corrected chi connectivity index (χ4v) is 4.90. The van der Waals surface area contributed by atoms with Crippen LogP contribution in [0.25, 0.3) is 0 Å². The zero-order chi connectivity index (χ0) is 23.5. The van der Waals surface area contributed by atoms with Crippen LogP contribution in [0.15, 0.2) is 12.2 Å². The number of aliphatic hydroxyl groups is 1. The van der Waals surface area contributed by atoms with Gasteiger partial charge in [-0.05, 0) is 50.5 Å². The van der Waals surface area contributed by atoms with E-state index in [1.54, 1.807) is 0 Å². The van der Waals surface area contributed by atoms with Gasteiger partial charge in [-0.3, -0.25) is 19.3 Å². The summed E-state index contributed by atoms with van der Waals surface area (Å²) < 4.78 is 0. The number of hydrogen-bond donors (Lipinski definition) is 4.